The second-order valence-corrected chi connectivity index (χ2v) is 8.52. The number of rotatable bonds is 8. The molecular formula is C24H32N4O4. The van der Waals surface area contributed by atoms with Gasteiger partial charge in [-0.3, -0.25) is 14.7 Å². The molecule has 0 unspecified atom stereocenters. The van der Waals surface area contributed by atoms with Crippen LogP contribution in [0.1, 0.15) is 31.2 Å². The van der Waals surface area contributed by atoms with E-state index in [2.05, 4.69) is 10.2 Å². The van der Waals surface area contributed by atoms with Gasteiger partial charge in [0, 0.05) is 57.6 Å². The highest BCUT2D eigenvalue weighted by atomic mass is 16.5. The molecule has 0 aliphatic carbocycles. The SMILES string of the molecule is O=C(C[C@H]1CN(C(=O)CCCc2cn[nH]c2)CC[C@@H]1Oc1ccccc1)N1CCOCC1. The largest absolute Gasteiger partial charge is 0.490 e. The molecule has 1 N–H and O–H groups in total. The van der Waals surface area contributed by atoms with E-state index in [0.29, 0.717) is 52.2 Å². The van der Waals surface area contributed by atoms with Crippen LogP contribution in [0.15, 0.2) is 42.7 Å². The van der Waals surface area contributed by atoms with Gasteiger partial charge in [-0.15, -0.1) is 0 Å². The van der Waals surface area contributed by atoms with Crippen LogP contribution in [0.2, 0.25) is 0 Å². The number of aromatic nitrogens is 2. The number of benzene rings is 1. The topological polar surface area (TPSA) is 87.8 Å². The molecule has 0 spiro atoms. The van der Waals surface area contributed by atoms with Crippen LogP contribution in [0.5, 0.6) is 5.75 Å². The van der Waals surface area contributed by atoms with E-state index >= 15 is 0 Å². The van der Waals surface area contributed by atoms with Gasteiger partial charge in [0.1, 0.15) is 11.9 Å². The predicted octanol–water partition coefficient (Wildman–Crippen LogP) is 2.28. The van der Waals surface area contributed by atoms with E-state index in [1.807, 2.05) is 46.3 Å². The Morgan fingerprint density at radius 3 is 2.66 bits per heavy atom. The summed E-state index contributed by atoms with van der Waals surface area (Å²) in [5.41, 5.74) is 1.11. The van der Waals surface area contributed by atoms with Crippen molar-refractivity contribution >= 4 is 11.8 Å². The number of carbonyl (C=O) groups excluding carboxylic acids is 2. The van der Waals surface area contributed by atoms with Gasteiger partial charge in [-0.2, -0.15) is 5.10 Å². The van der Waals surface area contributed by atoms with Gasteiger partial charge in [-0.25, -0.2) is 0 Å². The Labute approximate surface area is 188 Å². The van der Waals surface area contributed by atoms with Crippen LogP contribution in [0.3, 0.4) is 0 Å². The average molecular weight is 441 g/mol. The molecule has 8 heteroatoms. The van der Waals surface area contributed by atoms with Gasteiger partial charge in [0.2, 0.25) is 11.8 Å². The Morgan fingerprint density at radius 2 is 1.91 bits per heavy atom. The van der Waals surface area contributed by atoms with Crippen molar-refractivity contribution in [3.05, 3.63) is 48.3 Å². The van der Waals surface area contributed by atoms with E-state index in [0.717, 1.165) is 30.6 Å². The van der Waals surface area contributed by atoms with E-state index < -0.39 is 0 Å². The van der Waals surface area contributed by atoms with Crippen LogP contribution in [0.4, 0.5) is 0 Å². The zero-order valence-corrected chi connectivity index (χ0v) is 18.4. The number of likely N-dealkylation sites (tertiary alicyclic amines) is 1. The van der Waals surface area contributed by atoms with E-state index in [1.165, 1.54) is 0 Å². The fourth-order valence-corrected chi connectivity index (χ4v) is 4.44. The maximum atomic E-state index is 12.9. The van der Waals surface area contributed by atoms with Crippen molar-refractivity contribution in [1.29, 1.82) is 0 Å². The second-order valence-electron chi connectivity index (χ2n) is 8.52. The number of morpholine rings is 1. The summed E-state index contributed by atoms with van der Waals surface area (Å²) in [6, 6.07) is 9.73. The lowest BCUT2D eigenvalue weighted by atomic mass is 9.90. The lowest BCUT2D eigenvalue weighted by molar-refractivity contribution is -0.141. The van der Waals surface area contributed by atoms with Crippen LogP contribution in [-0.2, 0) is 20.7 Å². The van der Waals surface area contributed by atoms with Gasteiger partial charge >= 0.3 is 0 Å². The molecule has 1 aromatic heterocycles. The third kappa shape index (κ3) is 6.09. The molecule has 2 aliphatic rings. The van der Waals surface area contributed by atoms with E-state index in [-0.39, 0.29) is 23.8 Å². The minimum atomic E-state index is -0.0858. The number of aryl methyl sites for hydroxylation is 1. The minimum Gasteiger partial charge on any atom is -0.490 e. The Hall–Kier alpha value is -2.87. The highest BCUT2D eigenvalue weighted by Crippen LogP contribution is 2.27. The molecule has 2 aliphatic heterocycles. The van der Waals surface area contributed by atoms with Crippen LogP contribution in [-0.4, -0.2) is 77.3 Å². The lowest BCUT2D eigenvalue weighted by Crippen LogP contribution is -2.50. The number of carbonyl (C=O) groups is 2. The smallest absolute Gasteiger partial charge is 0.223 e. The van der Waals surface area contributed by atoms with Crippen LogP contribution >= 0.6 is 0 Å². The summed E-state index contributed by atoms with van der Waals surface area (Å²) >= 11 is 0. The quantitative estimate of drug-likeness (QED) is 0.680. The first kappa shape index (κ1) is 22.3. The van der Waals surface area contributed by atoms with Gasteiger partial charge in [-0.05, 0) is 30.5 Å². The second kappa shape index (κ2) is 11.1. The van der Waals surface area contributed by atoms with Gasteiger partial charge in [-0.1, -0.05) is 18.2 Å². The van der Waals surface area contributed by atoms with Gasteiger partial charge in [0.05, 0.1) is 19.4 Å². The summed E-state index contributed by atoms with van der Waals surface area (Å²) in [5, 5.41) is 6.75. The molecule has 1 aromatic carbocycles. The summed E-state index contributed by atoms with van der Waals surface area (Å²) in [7, 11) is 0. The van der Waals surface area contributed by atoms with Gasteiger partial charge in [0.25, 0.3) is 0 Å². The Morgan fingerprint density at radius 1 is 1.09 bits per heavy atom. The molecule has 3 heterocycles. The van der Waals surface area contributed by atoms with Crippen molar-refractivity contribution in [2.24, 2.45) is 5.92 Å². The molecule has 2 aromatic rings. The Bertz CT molecular complexity index is 852. The monoisotopic (exact) mass is 440 g/mol. The first-order valence-electron chi connectivity index (χ1n) is 11.5. The molecule has 2 saturated heterocycles. The summed E-state index contributed by atoms with van der Waals surface area (Å²) in [6.07, 6.45) is 6.80. The average Bonchev–Trinajstić information content (AvgIpc) is 3.35. The van der Waals surface area contributed by atoms with Crippen molar-refractivity contribution in [1.82, 2.24) is 20.0 Å². The molecule has 0 bridgehead atoms. The fraction of sp³-hybridized carbons (Fsp3) is 0.542. The van der Waals surface area contributed by atoms with Crippen LogP contribution in [0, 0.1) is 5.92 Å². The molecule has 4 rings (SSSR count). The molecular weight excluding hydrogens is 408 g/mol. The first-order chi connectivity index (χ1) is 15.7. The van der Waals surface area contributed by atoms with Gasteiger partial charge in [0.15, 0.2) is 0 Å². The molecule has 172 valence electrons. The van der Waals surface area contributed by atoms with Crippen molar-refractivity contribution in [3.8, 4) is 5.75 Å². The molecule has 32 heavy (non-hydrogen) atoms. The number of amides is 2. The van der Waals surface area contributed by atoms with Gasteiger partial charge < -0.3 is 19.3 Å². The number of ether oxygens (including phenoxy) is 2. The number of para-hydroxylation sites is 1. The van der Waals surface area contributed by atoms with E-state index in [4.69, 9.17) is 9.47 Å². The van der Waals surface area contributed by atoms with Crippen molar-refractivity contribution < 1.29 is 19.1 Å². The molecule has 0 radical (unpaired) electrons. The summed E-state index contributed by atoms with van der Waals surface area (Å²) in [5.74, 6) is 1.04. The van der Waals surface area contributed by atoms with E-state index in [9.17, 15) is 9.59 Å². The van der Waals surface area contributed by atoms with Crippen molar-refractivity contribution in [3.63, 3.8) is 0 Å². The molecule has 2 amide bonds. The summed E-state index contributed by atoms with van der Waals surface area (Å²) in [4.78, 5) is 29.6. The fourth-order valence-electron chi connectivity index (χ4n) is 4.44. The lowest BCUT2D eigenvalue weighted by Gasteiger charge is -2.39. The third-order valence-electron chi connectivity index (χ3n) is 6.26. The normalized spacial score (nSPS) is 21.4. The number of nitrogens with zero attached hydrogens (tertiary/aromatic N) is 3. The summed E-state index contributed by atoms with van der Waals surface area (Å²) in [6.45, 7) is 3.64. The molecule has 8 nitrogen and oxygen atoms in total. The number of H-pyrrole nitrogens is 1. The zero-order chi connectivity index (χ0) is 22.2. The highest BCUT2D eigenvalue weighted by Gasteiger charge is 2.35. The first-order valence-corrected chi connectivity index (χ1v) is 11.5. The number of hydrogen-bond donors (Lipinski definition) is 1. The number of nitrogens with one attached hydrogen (secondary N) is 1. The number of hydrogen-bond acceptors (Lipinski definition) is 5. The molecule has 2 atom stereocenters. The number of piperidine rings is 1. The summed E-state index contributed by atoms with van der Waals surface area (Å²) < 4.78 is 11.6. The van der Waals surface area contributed by atoms with Crippen molar-refractivity contribution in [2.45, 2.75) is 38.2 Å². The molecule has 0 saturated carbocycles. The van der Waals surface area contributed by atoms with Crippen molar-refractivity contribution in [2.75, 3.05) is 39.4 Å². The molecule has 2 fully saturated rings. The predicted molar refractivity (Wildman–Crippen MR) is 119 cm³/mol. The third-order valence-corrected chi connectivity index (χ3v) is 6.26. The van der Waals surface area contributed by atoms with E-state index in [1.54, 1.807) is 6.20 Å². The Balaban J connectivity index is 1.36. The van der Waals surface area contributed by atoms with Crippen LogP contribution < -0.4 is 4.74 Å². The Kier molecular flexibility index (Phi) is 7.77. The maximum absolute atomic E-state index is 12.9. The maximum Gasteiger partial charge on any atom is 0.223 e. The standard InChI is InChI=1S/C24H32N4O4/c29-23(8-4-5-19-16-25-26-17-19)28-10-9-22(32-21-6-2-1-3-7-21)20(18-28)15-24(30)27-11-13-31-14-12-27/h1-3,6-7,16-17,20,22H,4-5,8-15,18H2,(H,25,26)/t20-,22-/m0/s1. The van der Waals surface area contributed by atoms with Crippen LogP contribution in [0.25, 0.3) is 0 Å². The highest BCUT2D eigenvalue weighted by molar-refractivity contribution is 5.78. The minimum absolute atomic E-state index is 0.0304. The zero-order valence-electron chi connectivity index (χ0n) is 18.4. The number of aromatic amines is 1.